The molecule has 2 rings (SSSR count). The second-order valence-electron chi connectivity index (χ2n) is 3.65. The average Bonchev–Trinajstić information content (AvgIpc) is 2.70. The maximum Gasteiger partial charge on any atom is 0.110 e. The normalized spacial score (nSPS) is 10.6. The molecule has 0 unspecified atom stereocenters. The molecule has 0 spiro atoms. The highest BCUT2D eigenvalue weighted by Crippen LogP contribution is 2.18. The van der Waals surface area contributed by atoms with Crippen molar-refractivity contribution >= 4 is 15.9 Å². The quantitative estimate of drug-likeness (QED) is 0.903. The lowest BCUT2D eigenvalue weighted by molar-refractivity contribution is 0.793. The average molecular weight is 280 g/mol. The van der Waals surface area contributed by atoms with Crippen LogP contribution in [0.1, 0.15) is 17.1 Å². The zero-order valence-electron chi connectivity index (χ0n) is 9.13. The minimum absolute atomic E-state index is 0.822. The van der Waals surface area contributed by atoms with E-state index in [1.807, 2.05) is 31.4 Å². The fraction of sp³-hybridized carbons (Fsp3) is 0.250. The van der Waals surface area contributed by atoms with Crippen LogP contribution in [-0.2, 0) is 13.0 Å². The van der Waals surface area contributed by atoms with E-state index in [0.717, 1.165) is 29.0 Å². The number of H-pyrrole nitrogens is 1. The van der Waals surface area contributed by atoms with E-state index in [1.165, 1.54) is 5.56 Å². The molecule has 84 valence electrons. The van der Waals surface area contributed by atoms with Crippen molar-refractivity contribution in [1.82, 2.24) is 15.3 Å². The van der Waals surface area contributed by atoms with Gasteiger partial charge in [-0.05, 0) is 18.7 Å². The van der Waals surface area contributed by atoms with Gasteiger partial charge in [-0.3, -0.25) is 0 Å². The third-order valence-corrected chi connectivity index (χ3v) is 3.14. The lowest BCUT2D eigenvalue weighted by atomic mass is 10.1. The van der Waals surface area contributed by atoms with Crippen LogP contribution in [0, 0.1) is 0 Å². The minimum atomic E-state index is 0.822. The van der Waals surface area contributed by atoms with Crippen molar-refractivity contribution in [1.29, 1.82) is 0 Å². The Hall–Kier alpha value is -1.13. The van der Waals surface area contributed by atoms with Crippen molar-refractivity contribution in [2.45, 2.75) is 13.0 Å². The van der Waals surface area contributed by atoms with E-state index in [0.29, 0.717) is 0 Å². The number of nitrogens with one attached hydrogen (secondary N) is 2. The Morgan fingerprint density at radius 3 is 2.94 bits per heavy atom. The smallest absolute Gasteiger partial charge is 0.110 e. The van der Waals surface area contributed by atoms with Crippen LogP contribution < -0.4 is 5.32 Å². The summed E-state index contributed by atoms with van der Waals surface area (Å²) in [5, 5.41) is 3.09. The summed E-state index contributed by atoms with van der Waals surface area (Å²) in [6, 6.07) is 8.21. The van der Waals surface area contributed by atoms with E-state index in [-0.39, 0.29) is 0 Å². The lowest BCUT2D eigenvalue weighted by Crippen LogP contribution is -2.05. The van der Waals surface area contributed by atoms with Gasteiger partial charge in [0.1, 0.15) is 5.82 Å². The molecule has 0 aliphatic heterocycles. The number of aromatic amines is 1. The van der Waals surface area contributed by atoms with Crippen LogP contribution in [0.2, 0.25) is 0 Å². The van der Waals surface area contributed by atoms with Gasteiger partial charge in [-0.1, -0.05) is 34.1 Å². The highest BCUT2D eigenvalue weighted by atomic mass is 79.9. The maximum absolute atomic E-state index is 4.35. The Morgan fingerprint density at radius 2 is 2.19 bits per heavy atom. The topological polar surface area (TPSA) is 40.7 Å². The molecule has 4 heteroatoms. The summed E-state index contributed by atoms with van der Waals surface area (Å²) < 4.78 is 1.13. The van der Waals surface area contributed by atoms with Crippen molar-refractivity contribution in [3.63, 3.8) is 0 Å². The summed E-state index contributed by atoms with van der Waals surface area (Å²) in [6.07, 6.45) is 2.70. The standard InChI is InChI=1S/C12H14BrN3/c1-14-7-10-8-15-12(16-10)6-9-4-2-3-5-11(9)13/h2-5,8,14H,6-7H2,1H3,(H,15,16). The summed E-state index contributed by atoms with van der Waals surface area (Å²) in [4.78, 5) is 7.65. The zero-order valence-corrected chi connectivity index (χ0v) is 10.7. The highest BCUT2D eigenvalue weighted by molar-refractivity contribution is 9.10. The Kier molecular flexibility index (Phi) is 3.74. The van der Waals surface area contributed by atoms with Gasteiger partial charge in [0, 0.05) is 29.3 Å². The molecule has 2 N–H and O–H groups in total. The number of nitrogens with zero attached hydrogens (tertiary/aromatic N) is 1. The Balaban J connectivity index is 2.11. The van der Waals surface area contributed by atoms with E-state index < -0.39 is 0 Å². The summed E-state index contributed by atoms with van der Waals surface area (Å²) in [6.45, 7) is 0.822. The van der Waals surface area contributed by atoms with Crippen molar-refractivity contribution in [3.05, 3.63) is 52.0 Å². The van der Waals surface area contributed by atoms with Crippen LogP contribution in [0.15, 0.2) is 34.9 Å². The van der Waals surface area contributed by atoms with E-state index in [4.69, 9.17) is 0 Å². The highest BCUT2D eigenvalue weighted by Gasteiger charge is 2.03. The van der Waals surface area contributed by atoms with Gasteiger partial charge >= 0.3 is 0 Å². The van der Waals surface area contributed by atoms with Crippen LogP contribution in [0.3, 0.4) is 0 Å². The number of halogens is 1. The maximum atomic E-state index is 4.35. The first-order valence-electron chi connectivity index (χ1n) is 5.20. The fourth-order valence-electron chi connectivity index (χ4n) is 1.60. The Labute approximate surface area is 103 Å². The number of hydrogen-bond donors (Lipinski definition) is 2. The van der Waals surface area contributed by atoms with Crippen molar-refractivity contribution in [2.75, 3.05) is 7.05 Å². The molecule has 0 saturated heterocycles. The first-order valence-corrected chi connectivity index (χ1v) is 5.99. The van der Waals surface area contributed by atoms with Crippen LogP contribution in [0.5, 0.6) is 0 Å². The molecule has 0 bridgehead atoms. The summed E-state index contributed by atoms with van der Waals surface area (Å²) in [5.41, 5.74) is 2.36. The zero-order chi connectivity index (χ0) is 11.4. The molecule has 0 radical (unpaired) electrons. The molecule has 0 saturated carbocycles. The molecule has 0 amide bonds. The molecule has 0 aliphatic rings. The monoisotopic (exact) mass is 279 g/mol. The summed E-state index contributed by atoms with van der Waals surface area (Å²) >= 11 is 3.54. The van der Waals surface area contributed by atoms with E-state index in [9.17, 15) is 0 Å². The van der Waals surface area contributed by atoms with Gasteiger partial charge in [-0.2, -0.15) is 0 Å². The lowest BCUT2D eigenvalue weighted by Gasteiger charge is -2.01. The summed E-state index contributed by atoms with van der Waals surface area (Å²) in [5.74, 6) is 0.997. The molecule has 1 heterocycles. The second kappa shape index (κ2) is 5.27. The SMILES string of the molecule is CNCc1cnc(Cc2ccccc2Br)[nH]1. The van der Waals surface area contributed by atoms with E-state index in [2.05, 4.69) is 37.3 Å². The third-order valence-electron chi connectivity index (χ3n) is 2.36. The molecule has 0 aliphatic carbocycles. The van der Waals surface area contributed by atoms with Crippen LogP contribution in [0.4, 0.5) is 0 Å². The number of rotatable bonds is 4. The van der Waals surface area contributed by atoms with Crippen LogP contribution in [-0.4, -0.2) is 17.0 Å². The number of imidazole rings is 1. The summed E-state index contributed by atoms with van der Waals surface area (Å²) in [7, 11) is 1.92. The van der Waals surface area contributed by atoms with Crippen molar-refractivity contribution in [2.24, 2.45) is 0 Å². The van der Waals surface area contributed by atoms with Gasteiger partial charge in [-0.15, -0.1) is 0 Å². The second-order valence-corrected chi connectivity index (χ2v) is 4.51. The van der Waals surface area contributed by atoms with Crippen molar-refractivity contribution in [3.8, 4) is 0 Å². The Bertz CT molecular complexity index is 465. The van der Waals surface area contributed by atoms with Gasteiger partial charge in [-0.25, -0.2) is 4.98 Å². The van der Waals surface area contributed by atoms with Gasteiger partial charge < -0.3 is 10.3 Å². The van der Waals surface area contributed by atoms with Crippen LogP contribution in [0.25, 0.3) is 0 Å². The molecular weight excluding hydrogens is 266 g/mol. The molecule has 0 fully saturated rings. The predicted molar refractivity (Wildman–Crippen MR) is 68.3 cm³/mol. The molecule has 1 aromatic heterocycles. The van der Waals surface area contributed by atoms with Crippen molar-refractivity contribution < 1.29 is 0 Å². The minimum Gasteiger partial charge on any atom is -0.345 e. The van der Waals surface area contributed by atoms with Gasteiger partial charge in [0.2, 0.25) is 0 Å². The predicted octanol–water partition coefficient (Wildman–Crippen LogP) is 2.48. The number of hydrogen-bond acceptors (Lipinski definition) is 2. The first kappa shape index (κ1) is 11.4. The number of benzene rings is 1. The third kappa shape index (κ3) is 2.71. The van der Waals surface area contributed by atoms with Gasteiger partial charge in [0.15, 0.2) is 0 Å². The molecule has 2 aromatic rings. The largest absolute Gasteiger partial charge is 0.345 e. The molecular formula is C12H14BrN3. The molecule has 0 atom stereocenters. The first-order chi connectivity index (χ1) is 7.79. The van der Waals surface area contributed by atoms with E-state index in [1.54, 1.807) is 0 Å². The molecule has 1 aromatic carbocycles. The van der Waals surface area contributed by atoms with Gasteiger partial charge in [0.25, 0.3) is 0 Å². The van der Waals surface area contributed by atoms with E-state index >= 15 is 0 Å². The molecule has 16 heavy (non-hydrogen) atoms. The number of aromatic nitrogens is 2. The Morgan fingerprint density at radius 1 is 1.38 bits per heavy atom. The van der Waals surface area contributed by atoms with Gasteiger partial charge in [0.05, 0.1) is 0 Å². The molecule has 3 nitrogen and oxygen atoms in total. The fourth-order valence-corrected chi connectivity index (χ4v) is 2.02. The van der Waals surface area contributed by atoms with Crippen LogP contribution >= 0.6 is 15.9 Å².